The van der Waals surface area contributed by atoms with Gasteiger partial charge in [-0.1, -0.05) is 44.6 Å². The van der Waals surface area contributed by atoms with Gasteiger partial charge in [-0.15, -0.1) is 0 Å². The zero-order valence-electron chi connectivity index (χ0n) is 19.7. The molecule has 1 atom stereocenters. The minimum atomic E-state index is -1.32. The Labute approximate surface area is 203 Å². The fraction of sp³-hybridized carbons (Fsp3) is 0.538. The summed E-state index contributed by atoms with van der Waals surface area (Å²) in [4.78, 5) is 55.8. The quantitative estimate of drug-likeness (QED) is 0.388. The van der Waals surface area contributed by atoms with Crippen LogP contribution in [0.3, 0.4) is 0 Å². The van der Waals surface area contributed by atoms with Crippen molar-refractivity contribution in [2.75, 3.05) is 6.54 Å². The van der Waals surface area contributed by atoms with Crippen LogP contribution < -0.4 is 5.32 Å². The molecule has 1 heterocycles. The zero-order chi connectivity index (χ0) is 24.9. The number of halogens is 1. The van der Waals surface area contributed by atoms with Crippen molar-refractivity contribution >= 4 is 34.5 Å². The van der Waals surface area contributed by atoms with Crippen LogP contribution in [0.5, 0.6) is 0 Å². The molecule has 9 heteroatoms. The summed E-state index contributed by atoms with van der Waals surface area (Å²) in [5, 5.41) is 12.6. The van der Waals surface area contributed by atoms with Gasteiger partial charge in [-0.3, -0.25) is 19.2 Å². The van der Waals surface area contributed by atoms with E-state index in [9.17, 15) is 28.7 Å². The molecule has 0 radical (unpaired) electrons. The summed E-state index contributed by atoms with van der Waals surface area (Å²) in [6.45, 7) is -0.783. The molecular weight excluding hydrogens is 453 g/mol. The van der Waals surface area contributed by atoms with Crippen molar-refractivity contribution in [1.29, 1.82) is 0 Å². The van der Waals surface area contributed by atoms with Crippen LogP contribution in [0.2, 0.25) is 0 Å². The van der Waals surface area contributed by atoms with E-state index >= 15 is 0 Å². The maximum absolute atomic E-state index is 14.5. The van der Waals surface area contributed by atoms with Crippen LogP contribution in [-0.2, 0) is 14.4 Å². The fourth-order valence-corrected chi connectivity index (χ4v) is 5.60. The van der Waals surface area contributed by atoms with E-state index in [0.717, 1.165) is 56.3 Å². The number of hydrogen-bond donors (Lipinski definition) is 3. The van der Waals surface area contributed by atoms with Crippen molar-refractivity contribution in [2.45, 2.75) is 76.3 Å². The molecule has 1 unspecified atom stereocenters. The van der Waals surface area contributed by atoms with Crippen molar-refractivity contribution in [3.05, 3.63) is 35.8 Å². The van der Waals surface area contributed by atoms with Crippen LogP contribution in [0.4, 0.5) is 4.39 Å². The molecule has 0 bridgehead atoms. The number of H-pyrrole nitrogens is 1. The minimum Gasteiger partial charge on any atom is -0.480 e. The highest BCUT2D eigenvalue weighted by atomic mass is 19.1. The molecule has 1 aromatic carbocycles. The van der Waals surface area contributed by atoms with Gasteiger partial charge in [0.2, 0.25) is 5.91 Å². The number of ketones is 1. The summed E-state index contributed by atoms with van der Waals surface area (Å²) < 4.78 is 14.5. The summed E-state index contributed by atoms with van der Waals surface area (Å²) >= 11 is 0. The highest BCUT2D eigenvalue weighted by molar-refractivity contribution is 6.45. The van der Waals surface area contributed by atoms with Crippen LogP contribution >= 0.6 is 0 Å². The number of carboxylic acid groups (broad SMARTS) is 1. The van der Waals surface area contributed by atoms with Gasteiger partial charge in [0.15, 0.2) is 0 Å². The van der Waals surface area contributed by atoms with Crippen LogP contribution in [-0.4, -0.2) is 57.2 Å². The van der Waals surface area contributed by atoms with Gasteiger partial charge in [0.25, 0.3) is 11.7 Å². The van der Waals surface area contributed by atoms with Crippen LogP contribution in [0.1, 0.15) is 74.6 Å². The van der Waals surface area contributed by atoms with Crippen molar-refractivity contribution in [3.63, 3.8) is 0 Å². The Hall–Kier alpha value is -3.23. The molecule has 1 aromatic heterocycles. The van der Waals surface area contributed by atoms with Crippen molar-refractivity contribution in [3.8, 4) is 0 Å². The molecule has 4 rings (SSSR count). The lowest BCUT2D eigenvalue weighted by atomic mass is 9.82. The highest BCUT2D eigenvalue weighted by Gasteiger charge is 2.41. The van der Waals surface area contributed by atoms with Crippen LogP contribution in [0.25, 0.3) is 10.9 Å². The van der Waals surface area contributed by atoms with Gasteiger partial charge in [0, 0.05) is 23.1 Å². The molecule has 35 heavy (non-hydrogen) atoms. The number of aromatic amines is 1. The van der Waals surface area contributed by atoms with Gasteiger partial charge < -0.3 is 20.3 Å². The number of amides is 2. The number of nitrogens with zero attached hydrogens (tertiary/aromatic N) is 1. The topological polar surface area (TPSA) is 120 Å². The number of benzene rings is 1. The summed E-state index contributed by atoms with van der Waals surface area (Å²) in [5.74, 6) is -4.77. The van der Waals surface area contributed by atoms with Gasteiger partial charge in [-0.05, 0) is 43.7 Å². The number of aliphatic carboxylic acids is 1. The molecular formula is C26H32FN3O5. The maximum Gasteiger partial charge on any atom is 0.323 e. The standard InChI is InChI=1S/C26H32FN3O5/c27-19-12-7-13-20-22(19)18(14-28-20)24(33)26(35)30(15-21(31)32)23(16-8-3-1-4-9-16)25(34)29-17-10-5-2-6-11-17/h7,12-14,16-17,23,28H,1-6,8-11,15H2,(H,29,34)(H,31,32). The first kappa shape index (κ1) is 24.9. The Morgan fingerprint density at radius 2 is 1.69 bits per heavy atom. The Kier molecular flexibility index (Phi) is 7.83. The zero-order valence-corrected chi connectivity index (χ0v) is 19.7. The molecule has 188 valence electrons. The lowest BCUT2D eigenvalue weighted by Crippen LogP contribution is -2.58. The number of hydrogen-bond acceptors (Lipinski definition) is 4. The first-order chi connectivity index (χ1) is 16.9. The first-order valence-corrected chi connectivity index (χ1v) is 12.5. The predicted octanol–water partition coefficient (Wildman–Crippen LogP) is 3.80. The largest absolute Gasteiger partial charge is 0.480 e. The van der Waals surface area contributed by atoms with E-state index in [-0.39, 0.29) is 22.9 Å². The molecule has 2 saturated carbocycles. The number of carbonyl (C=O) groups excluding carboxylic acids is 3. The molecule has 2 fully saturated rings. The number of carboxylic acids is 1. The summed E-state index contributed by atoms with van der Waals surface area (Å²) in [7, 11) is 0. The molecule has 2 aliphatic carbocycles. The third-order valence-electron chi connectivity index (χ3n) is 7.31. The summed E-state index contributed by atoms with van der Waals surface area (Å²) in [5.41, 5.74) is 0.179. The molecule has 0 spiro atoms. The second kappa shape index (κ2) is 11.0. The molecule has 2 aromatic rings. The number of Topliss-reactive ketones (excluding diaryl/α,β-unsaturated/α-hetero) is 1. The van der Waals surface area contributed by atoms with E-state index in [1.807, 2.05) is 0 Å². The minimum absolute atomic E-state index is 0.0254. The van der Waals surface area contributed by atoms with Gasteiger partial charge in [-0.25, -0.2) is 4.39 Å². The number of aromatic nitrogens is 1. The van der Waals surface area contributed by atoms with Crippen LogP contribution in [0.15, 0.2) is 24.4 Å². The molecule has 8 nitrogen and oxygen atoms in total. The molecule has 0 aliphatic heterocycles. The number of nitrogens with one attached hydrogen (secondary N) is 2. The molecule has 0 saturated heterocycles. The van der Waals surface area contributed by atoms with Crippen LogP contribution in [0, 0.1) is 11.7 Å². The second-order valence-corrected chi connectivity index (χ2v) is 9.71. The summed E-state index contributed by atoms with van der Waals surface area (Å²) in [6, 6.07) is 3.16. The van der Waals surface area contributed by atoms with E-state index < -0.39 is 42.0 Å². The average molecular weight is 486 g/mol. The third kappa shape index (κ3) is 5.55. The van der Waals surface area contributed by atoms with E-state index in [1.54, 1.807) is 6.07 Å². The first-order valence-electron chi connectivity index (χ1n) is 12.5. The van der Waals surface area contributed by atoms with Gasteiger partial charge in [0.1, 0.15) is 18.4 Å². The molecule has 2 amide bonds. The smallest absolute Gasteiger partial charge is 0.323 e. The van der Waals surface area contributed by atoms with Crippen molar-refractivity contribution in [2.24, 2.45) is 5.92 Å². The third-order valence-corrected chi connectivity index (χ3v) is 7.31. The average Bonchev–Trinajstić information content (AvgIpc) is 3.29. The fourth-order valence-electron chi connectivity index (χ4n) is 5.60. The predicted molar refractivity (Wildman–Crippen MR) is 127 cm³/mol. The number of fused-ring (bicyclic) bond motifs is 1. The van der Waals surface area contributed by atoms with Crippen molar-refractivity contribution < 1.29 is 28.7 Å². The Bertz CT molecular complexity index is 1100. The van der Waals surface area contributed by atoms with Gasteiger partial charge in [-0.2, -0.15) is 0 Å². The molecule has 2 aliphatic rings. The number of carbonyl (C=O) groups is 4. The number of rotatable bonds is 8. The highest BCUT2D eigenvalue weighted by Crippen LogP contribution is 2.31. The van der Waals surface area contributed by atoms with Crippen molar-refractivity contribution in [1.82, 2.24) is 15.2 Å². The van der Waals surface area contributed by atoms with E-state index in [0.29, 0.717) is 18.4 Å². The monoisotopic (exact) mass is 485 g/mol. The summed E-state index contributed by atoms with van der Waals surface area (Å²) in [6.07, 6.45) is 10.1. The Balaban J connectivity index is 1.67. The maximum atomic E-state index is 14.5. The Morgan fingerprint density at radius 1 is 1.03 bits per heavy atom. The Morgan fingerprint density at radius 3 is 2.34 bits per heavy atom. The SMILES string of the molecule is O=C(O)CN(C(=O)C(=O)c1c[nH]c2cccc(F)c12)C(C(=O)NC1CCCCC1)C1CCCCC1. The second-order valence-electron chi connectivity index (χ2n) is 9.71. The van der Waals surface area contributed by atoms with Gasteiger partial charge >= 0.3 is 5.97 Å². The van der Waals surface area contributed by atoms with E-state index in [2.05, 4.69) is 10.3 Å². The molecule has 3 N–H and O–H groups in total. The lowest BCUT2D eigenvalue weighted by molar-refractivity contribution is -0.148. The van der Waals surface area contributed by atoms with E-state index in [1.165, 1.54) is 18.3 Å². The van der Waals surface area contributed by atoms with E-state index in [4.69, 9.17) is 0 Å². The lowest BCUT2D eigenvalue weighted by Gasteiger charge is -2.38. The van der Waals surface area contributed by atoms with Gasteiger partial charge in [0.05, 0.1) is 5.56 Å². The normalized spacial score (nSPS) is 18.2.